The van der Waals surface area contributed by atoms with Crippen LogP contribution in [0.25, 0.3) is 11.2 Å². The molecule has 20 heavy (non-hydrogen) atoms. The zero-order chi connectivity index (χ0) is 14.1. The summed E-state index contributed by atoms with van der Waals surface area (Å²) in [4.78, 5) is 7.96. The van der Waals surface area contributed by atoms with Gasteiger partial charge in [-0.3, -0.25) is 4.57 Å². The van der Waals surface area contributed by atoms with Gasteiger partial charge in [-0.05, 0) is 56.0 Å². The SMILES string of the molecule is CCC(C1CCCCC1)n1c(=S)[nH]c2c(C)ccnc21. The lowest BCUT2D eigenvalue weighted by Crippen LogP contribution is -2.21. The first-order chi connectivity index (χ1) is 9.72. The molecule has 1 atom stereocenters. The Hall–Kier alpha value is -1.16. The summed E-state index contributed by atoms with van der Waals surface area (Å²) < 4.78 is 3.12. The summed E-state index contributed by atoms with van der Waals surface area (Å²) >= 11 is 5.59. The van der Waals surface area contributed by atoms with Crippen LogP contribution in [0.2, 0.25) is 0 Å². The third-order valence-corrected chi connectivity index (χ3v) is 5.06. The number of aryl methyl sites for hydroxylation is 1. The van der Waals surface area contributed by atoms with E-state index in [2.05, 4.69) is 28.4 Å². The van der Waals surface area contributed by atoms with Crippen LogP contribution in [-0.2, 0) is 0 Å². The molecule has 0 radical (unpaired) electrons. The van der Waals surface area contributed by atoms with E-state index in [9.17, 15) is 0 Å². The number of imidazole rings is 1. The second kappa shape index (κ2) is 5.68. The van der Waals surface area contributed by atoms with Gasteiger partial charge < -0.3 is 4.98 Å². The van der Waals surface area contributed by atoms with Crippen LogP contribution in [-0.4, -0.2) is 14.5 Å². The highest BCUT2D eigenvalue weighted by molar-refractivity contribution is 7.71. The fourth-order valence-corrected chi connectivity index (χ4v) is 4.02. The molecule has 0 aliphatic heterocycles. The normalized spacial score (nSPS) is 18.5. The van der Waals surface area contributed by atoms with Gasteiger partial charge in [0.25, 0.3) is 0 Å². The number of nitrogens with one attached hydrogen (secondary N) is 1. The van der Waals surface area contributed by atoms with Crippen molar-refractivity contribution in [2.24, 2.45) is 5.92 Å². The zero-order valence-electron chi connectivity index (χ0n) is 12.4. The highest BCUT2D eigenvalue weighted by Crippen LogP contribution is 2.36. The number of hydrogen-bond acceptors (Lipinski definition) is 2. The lowest BCUT2D eigenvalue weighted by atomic mass is 9.83. The van der Waals surface area contributed by atoms with Gasteiger partial charge in [0.1, 0.15) is 0 Å². The standard InChI is InChI=1S/C16H23N3S/c1-3-13(12-7-5-4-6-8-12)19-15-14(18-16(19)20)11(2)9-10-17-15/h9-10,12-13H,3-8H2,1-2H3,(H,18,20). The molecule has 3 rings (SSSR count). The van der Waals surface area contributed by atoms with Crippen molar-refractivity contribution in [1.29, 1.82) is 0 Å². The van der Waals surface area contributed by atoms with Crippen molar-refractivity contribution in [3.63, 3.8) is 0 Å². The molecule has 3 nitrogen and oxygen atoms in total. The smallest absolute Gasteiger partial charge is 0.179 e. The fourth-order valence-electron chi connectivity index (χ4n) is 3.70. The molecule has 0 amide bonds. The number of nitrogens with zero attached hydrogens (tertiary/aromatic N) is 2. The van der Waals surface area contributed by atoms with Crippen LogP contribution in [0.4, 0.5) is 0 Å². The predicted octanol–water partition coefficient (Wildman–Crippen LogP) is 4.93. The summed E-state index contributed by atoms with van der Waals surface area (Å²) in [5.74, 6) is 0.752. The van der Waals surface area contributed by atoms with Crippen LogP contribution in [0.3, 0.4) is 0 Å². The summed E-state index contributed by atoms with van der Waals surface area (Å²) in [6.07, 6.45) is 9.81. The molecule has 1 saturated carbocycles. The monoisotopic (exact) mass is 289 g/mol. The quantitative estimate of drug-likeness (QED) is 0.812. The number of fused-ring (bicyclic) bond motifs is 1. The molecule has 0 aromatic carbocycles. The fraction of sp³-hybridized carbons (Fsp3) is 0.625. The van der Waals surface area contributed by atoms with Crippen molar-refractivity contribution in [2.45, 2.75) is 58.4 Å². The van der Waals surface area contributed by atoms with Gasteiger partial charge in [0.15, 0.2) is 10.4 Å². The maximum atomic E-state index is 5.59. The Labute approximate surface area is 125 Å². The number of H-pyrrole nitrogens is 1. The van der Waals surface area contributed by atoms with E-state index in [1.165, 1.54) is 37.7 Å². The number of hydrogen-bond donors (Lipinski definition) is 1. The number of aromatic nitrogens is 3. The summed E-state index contributed by atoms with van der Waals surface area (Å²) in [5, 5.41) is 0. The second-order valence-electron chi connectivity index (χ2n) is 6.00. The Kier molecular flexibility index (Phi) is 3.92. The molecule has 2 aromatic rings. The Morgan fingerprint density at radius 3 is 2.85 bits per heavy atom. The number of aromatic amines is 1. The van der Waals surface area contributed by atoms with E-state index in [0.29, 0.717) is 6.04 Å². The minimum Gasteiger partial charge on any atom is -0.329 e. The Balaban J connectivity index is 2.09. The van der Waals surface area contributed by atoms with Crippen molar-refractivity contribution in [2.75, 3.05) is 0 Å². The van der Waals surface area contributed by atoms with Crippen LogP contribution in [0.5, 0.6) is 0 Å². The van der Waals surface area contributed by atoms with Crippen molar-refractivity contribution in [3.8, 4) is 0 Å². The third-order valence-electron chi connectivity index (χ3n) is 4.76. The van der Waals surface area contributed by atoms with Gasteiger partial charge in [-0.2, -0.15) is 0 Å². The zero-order valence-corrected chi connectivity index (χ0v) is 13.2. The lowest BCUT2D eigenvalue weighted by molar-refractivity contribution is 0.245. The van der Waals surface area contributed by atoms with Crippen LogP contribution in [0.1, 0.15) is 57.1 Å². The maximum absolute atomic E-state index is 5.59. The number of rotatable bonds is 3. The third kappa shape index (κ3) is 2.30. The largest absolute Gasteiger partial charge is 0.329 e. The van der Waals surface area contributed by atoms with Crippen molar-refractivity contribution in [3.05, 3.63) is 22.6 Å². The van der Waals surface area contributed by atoms with E-state index >= 15 is 0 Å². The van der Waals surface area contributed by atoms with Gasteiger partial charge in [-0.25, -0.2) is 4.98 Å². The van der Waals surface area contributed by atoms with Gasteiger partial charge in [0.2, 0.25) is 0 Å². The minimum absolute atomic E-state index is 0.492. The molecular weight excluding hydrogens is 266 g/mol. The Morgan fingerprint density at radius 2 is 2.15 bits per heavy atom. The molecular formula is C16H23N3S. The van der Waals surface area contributed by atoms with E-state index in [1.54, 1.807) is 0 Å². The van der Waals surface area contributed by atoms with Gasteiger partial charge in [0.05, 0.1) is 5.52 Å². The molecule has 1 aliphatic rings. The average Bonchev–Trinajstić information content (AvgIpc) is 2.80. The predicted molar refractivity (Wildman–Crippen MR) is 85.6 cm³/mol. The molecule has 108 valence electrons. The Bertz CT molecular complexity index is 649. The van der Waals surface area contributed by atoms with Crippen LogP contribution in [0.15, 0.2) is 12.3 Å². The molecule has 0 bridgehead atoms. The molecule has 1 N–H and O–H groups in total. The van der Waals surface area contributed by atoms with Gasteiger partial charge >= 0.3 is 0 Å². The van der Waals surface area contributed by atoms with Gasteiger partial charge in [-0.15, -0.1) is 0 Å². The van der Waals surface area contributed by atoms with E-state index in [0.717, 1.165) is 28.3 Å². The molecule has 0 saturated heterocycles. The maximum Gasteiger partial charge on any atom is 0.179 e. The van der Waals surface area contributed by atoms with Crippen molar-refractivity contribution in [1.82, 2.24) is 14.5 Å². The molecule has 4 heteroatoms. The van der Waals surface area contributed by atoms with E-state index in [4.69, 9.17) is 12.2 Å². The summed E-state index contributed by atoms with van der Waals surface area (Å²) in [6, 6.07) is 2.53. The van der Waals surface area contributed by atoms with Crippen LogP contribution < -0.4 is 0 Å². The summed E-state index contributed by atoms with van der Waals surface area (Å²) in [7, 11) is 0. The van der Waals surface area contributed by atoms with E-state index in [-0.39, 0.29) is 0 Å². The highest BCUT2D eigenvalue weighted by atomic mass is 32.1. The van der Waals surface area contributed by atoms with Crippen LogP contribution in [0, 0.1) is 17.6 Å². The first-order valence-electron chi connectivity index (χ1n) is 7.78. The molecule has 1 unspecified atom stereocenters. The summed E-state index contributed by atoms with van der Waals surface area (Å²) in [6.45, 7) is 4.39. The van der Waals surface area contributed by atoms with Crippen LogP contribution >= 0.6 is 12.2 Å². The number of pyridine rings is 1. The van der Waals surface area contributed by atoms with Crippen molar-refractivity contribution >= 4 is 23.4 Å². The Morgan fingerprint density at radius 1 is 1.40 bits per heavy atom. The molecule has 2 heterocycles. The first kappa shape index (κ1) is 13.8. The highest BCUT2D eigenvalue weighted by Gasteiger charge is 2.26. The summed E-state index contributed by atoms with van der Waals surface area (Å²) in [5.41, 5.74) is 3.36. The average molecular weight is 289 g/mol. The van der Waals surface area contributed by atoms with E-state index < -0.39 is 0 Å². The van der Waals surface area contributed by atoms with Gasteiger partial charge in [-0.1, -0.05) is 26.2 Å². The van der Waals surface area contributed by atoms with E-state index in [1.807, 2.05) is 12.3 Å². The molecule has 2 aromatic heterocycles. The molecule has 1 aliphatic carbocycles. The molecule has 0 spiro atoms. The second-order valence-corrected chi connectivity index (χ2v) is 6.39. The molecule has 1 fully saturated rings. The van der Waals surface area contributed by atoms with Crippen molar-refractivity contribution < 1.29 is 0 Å². The lowest BCUT2D eigenvalue weighted by Gasteiger charge is -2.30. The first-order valence-corrected chi connectivity index (χ1v) is 8.19. The topological polar surface area (TPSA) is 33.6 Å². The van der Waals surface area contributed by atoms with Gasteiger partial charge in [0, 0.05) is 12.2 Å². The minimum atomic E-state index is 0.492.